The largest absolute Gasteiger partial charge is 0.399 e. The first-order valence-corrected chi connectivity index (χ1v) is 6.94. The highest BCUT2D eigenvalue weighted by Crippen LogP contribution is 2.31. The quantitative estimate of drug-likeness (QED) is 0.868. The lowest BCUT2D eigenvalue weighted by molar-refractivity contribution is -0.117. The number of benzene rings is 2. The van der Waals surface area contributed by atoms with Crippen LogP contribution in [0.4, 0.5) is 11.4 Å². The molecule has 0 aliphatic carbocycles. The van der Waals surface area contributed by atoms with Gasteiger partial charge in [-0.25, -0.2) is 0 Å². The third kappa shape index (κ3) is 2.27. The molecule has 1 aliphatic heterocycles. The molecule has 1 aliphatic rings. The number of rotatable bonds is 3. The van der Waals surface area contributed by atoms with Crippen molar-refractivity contribution in [1.82, 2.24) is 0 Å². The highest BCUT2D eigenvalue weighted by Gasteiger charge is 2.27. The molecule has 2 N–H and O–H groups in total. The summed E-state index contributed by atoms with van der Waals surface area (Å²) in [5.74, 6) is 0.171. The van der Waals surface area contributed by atoms with E-state index in [1.807, 2.05) is 29.2 Å². The normalized spacial score (nSPS) is 13.7. The summed E-state index contributed by atoms with van der Waals surface area (Å²) in [7, 11) is 0. The van der Waals surface area contributed by atoms with Crippen molar-refractivity contribution >= 4 is 17.3 Å². The third-order valence-electron chi connectivity index (χ3n) is 3.81. The van der Waals surface area contributed by atoms with Crippen molar-refractivity contribution in [2.75, 3.05) is 10.6 Å². The lowest BCUT2D eigenvalue weighted by Crippen LogP contribution is -2.25. The first-order chi connectivity index (χ1) is 9.67. The fourth-order valence-electron chi connectivity index (χ4n) is 2.64. The lowest BCUT2D eigenvalue weighted by atomic mass is 10.1. The van der Waals surface area contributed by atoms with Gasteiger partial charge in [0.15, 0.2) is 0 Å². The molecule has 3 heteroatoms. The SMILES string of the molecule is CCc1ccc2c(c1)CC(=O)N2Cc1ccc(N)cc1. The summed E-state index contributed by atoms with van der Waals surface area (Å²) in [5, 5.41) is 0. The number of hydrogen-bond donors (Lipinski definition) is 1. The van der Waals surface area contributed by atoms with E-state index >= 15 is 0 Å². The van der Waals surface area contributed by atoms with Crippen molar-refractivity contribution in [1.29, 1.82) is 0 Å². The molecule has 3 rings (SSSR count). The van der Waals surface area contributed by atoms with E-state index in [2.05, 4.69) is 25.1 Å². The van der Waals surface area contributed by atoms with E-state index in [-0.39, 0.29) is 5.91 Å². The molecule has 0 atom stereocenters. The molecule has 0 saturated heterocycles. The maximum Gasteiger partial charge on any atom is 0.231 e. The second-order valence-corrected chi connectivity index (χ2v) is 5.21. The Morgan fingerprint density at radius 2 is 1.80 bits per heavy atom. The molecule has 20 heavy (non-hydrogen) atoms. The average molecular weight is 266 g/mol. The van der Waals surface area contributed by atoms with Gasteiger partial charge in [0.05, 0.1) is 13.0 Å². The van der Waals surface area contributed by atoms with Gasteiger partial charge >= 0.3 is 0 Å². The fourth-order valence-corrected chi connectivity index (χ4v) is 2.64. The van der Waals surface area contributed by atoms with Crippen LogP contribution in [-0.2, 0) is 24.2 Å². The number of amides is 1. The standard InChI is InChI=1S/C17H18N2O/c1-2-12-5-8-16-14(9-12)10-17(20)19(16)11-13-3-6-15(18)7-4-13/h3-9H,2,10-11,18H2,1H3. The number of nitrogens with zero attached hydrogens (tertiary/aromatic N) is 1. The molecule has 0 fully saturated rings. The van der Waals surface area contributed by atoms with Crippen molar-refractivity contribution in [3.05, 3.63) is 59.2 Å². The molecular formula is C17H18N2O. The van der Waals surface area contributed by atoms with E-state index in [0.29, 0.717) is 13.0 Å². The Balaban J connectivity index is 1.88. The molecule has 0 aromatic heterocycles. The Morgan fingerprint density at radius 1 is 1.10 bits per heavy atom. The zero-order valence-electron chi connectivity index (χ0n) is 11.6. The molecule has 2 aromatic rings. The minimum Gasteiger partial charge on any atom is -0.399 e. The van der Waals surface area contributed by atoms with Gasteiger partial charge < -0.3 is 10.6 Å². The molecular weight excluding hydrogens is 248 g/mol. The monoisotopic (exact) mass is 266 g/mol. The Labute approximate surface area is 119 Å². The maximum atomic E-state index is 12.2. The average Bonchev–Trinajstić information content (AvgIpc) is 2.76. The van der Waals surface area contributed by atoms with Gasteiger partial charge in [-0.3, -0.25) is 4.79 Å². The van der Waals surface area contributed by atoms with E-state index in [4.69, 9.17) is 5.73 Å². The fraction of sp³-hybridized carbons (Fsp3) is 0.235. The third-order valence-corrected chi connectivity index (χ3v) is 3.81. The van der Waals surface area contributed by atoms with Gasteiger partial charge in [-0.2, -0.15) is 0 Å². The number of fused-ring (bicyclic) bond motifs is 1. The number of hydrogen-bond acceptors (Lipinski definition) is 2. The molecule has 2 aromatic carbocycles. The topological polar surface area (TPSA) is 46.3 Å². The van der Waals surface area contributed by atoms with Crippen molar-refractivity contribution < 1.29 is 4.79 Å². The molecule has 1 heterocycles. The molecule has 3 nitrogen and oxygen atoms in total. The number of anilines is 2. The minimum atomic E-state index is 0.171. The van der Waals surface area contributed by atoms with Crippen molar-refractivity contribution in [3.63, 3.8) is 0 Å². The van der Waals surface area contributed by atoms with Crippen LogP contribution in [0, 0.1) is 0 Å². The molecule has 0 radical (unpaired) electrons. The second-order valence-electron chi connectivity index (χ2n) is 5.21. The maximum absolute atomic E-state index is 12.2. The van der Waals surface area contributed by atoms with E-state index in [0.717, 1.165) is 28.9 Å². The van der Waals surface area contributed by atoms with Gasteiger partial charge in [-0.1, -0.05) is 31.2 Å². The van der Waals surface area contributed by atoms with Crippen LogP contribution in [0.15, 0.2) is 42.5 Å². The predicted molar refractivity (Wildman–Crippen MR) is 81.6 cm³/mol. The summed E-state index contributed by atoms with van der Waals surface area (Å²) >= 11 is 0. The van der Waals surface area contributed by atoms with Gasteiger partial charge in [-0.05, 0) is 41.3 Å². The smallest absolute Gasteiger partial charge is 0.231 e. The van der Waals surface area contributed by atoms with Crippen molar-refractivity contribution in [2.24, 2.45) is 0 Å². The number of nitrogens with two attached hydrogens (primary N) is 1. The Morgan fingerprint density at radius 3 is 2.50 bits per heavy atom. The van der Waals surface area contributed by atoms with E-state index in [1.54, 1.807) is 0 Å². The van der Waals surface area contributed by atoms with E-state index in [9.17, 15) is 4.79 Å². The summed E-state index contributed by atoms with van der Waals surface area (Å²) in [6.45, 7) is 2.74. The molecule has 0 unspecified atom stereocenters. The summed E-state index contributed by atoms with van der Waals surface area (Å²) in [4.78, 5) is 14.1. The molecule has 1 amide bonds. The Hall–Kier alpha value is -2.29. The van der Waals surface area contributed by atoms with Crippen LogP contribution in [0.1, 0.15) is 23.6 Å². The highest BCUT2D eigenvalue weighted by atomic mass is 16.2. The first-order valence-electron chi connectivity index (χ1n) is 6.94. The summed E-state index contributed by atoms with van der Waals surface area (Å²) in [5.41, 5.74) is 11.0. The zero-order chi connectivity index (χ0) is 14.1. The van der Waals surface area contributed by atoms with Crippen LogP contribution in [-0.4, -0.2) is 5.91 Å². The van der Waals surface area contributed by atoms with Crippen LogP contribution in [0.2, 0.25) is 0 Å². The first kappa shape index (κ1) is 12.7. The van der Waals surface area contributed by atoms with Gasteiger partial charge in [-0.15, -0.1) is 0 Å². The van der Waals surface area contributed by atoms with Crippen molar-refractivity contribution in [3.8, 4) is 0 Å². The van der Waals surface area contributed by atoms with Crippen LogP contribution in [0.3, 0.4) is 0 Å². The summed E-state index contributed by atoms with van der Waals surface area (Å²) in [6, 6.07) is 14.0. The number of carbonyl (C=O) groups is 1. The molecule has 0 spiro atoms. The highest BCUT2D eigenvalue weighted by molar-refractivity contribution is 6.01. The van der Waals surface area contributed by atoms with Crippen LogP contribution >= 0.6 is 0 Å². The van der Waals surface area contributed by atoms with Gasteiger partial charge in [0, 0.05) is 11.4 Å². The Kier molecular flexibility index (Phi) is 3.18. The molecule has 0 bridgehead atoms. The van der Waals surface area contributed by atoms with Crippen LogP contribution in [0.5, 0.6) is 0 Å². The molecule has 0 saturated carbocycles. The van der Waals surface area contributed by atoms with E-state index in [1.165, 1.54) is 5.56 Å². The molecule has 102 valence electrons. The van der Waals surface area contributed by atoms with Gasteiger partial charge in [0.2, 0.25) is 5.91 Å². The predicted octanol–water partition coefficient (Wildman–Crippen LogP) is 2.92. The van der Waals surface area contributed by atoms with E-state index < -0.39 is 0 Å². The van der Waals surface area contributed by atoms with Crippen molar-refractivity contribution in [2.45, 2.75) is 26.3 Å². The van der Waals surface area contributed by atoms with Gasteiger partial charge in [0.25, 0.3) is 0 Å². The summed E-state index contributed by atoms with van der Waals surface area (Å²) < 4.78 is 0. The Bertz CT molecular complexity index is 647. The zero-order valence-corrected chi connectivity index (χ0v) is 11.6. The minimum absolute atomic E-state index is 0.171. The lowest BCUT2D eigenvalue weighted by Gasteiger charge is -2.18. The summed E-state index contributed by atoms with van der Waals surface area (Å²) in [6.07, 6.45) is 1.51. The second kappa shape index (κ2) is 5.00. The van der Waals surface area contributed by atoms with Crippen LogP contribution in [0.25, 0.3) is 0 Å². The number of nitrogen functional groups attached to an aromatic ring is 1. The number of aryl methyl sites for hydroxylation is 1. The van der Waals surface area contributed by atoms with Gasteiger partial charge in [0.1, 0.15) is 0 Å². The van der Waals surface area contributed by atoms with Crippen LogP contribution < -0.4 is 10.6 Å². The number of carbonyl (C=O) groups excluding carboxylic acids is 1.